The first-order valence-electron chi connectivity index (χ1n) is 7.41. The van der Waals surface area contributed by atoms with E-state index in [9.17, 15) is 18.0 Å². The van der Waals surface area contributed by atoms with Crippen molar-refractivity contribution in [3.8, 4) is 0 Å². The average Bonchev–Trinajstić information content (AvgIpc) is 2.89. The second-order valence-electron chi connectivity index (χ2n) is 6.34. The van der Waals surface area contributed by atoms with E-state index in [1.54, 1.807) is 4.90 Å². The van der Waals surface area contributed by atoms with Crippen LogP contribution >= 0.6 is 0 Å². The van der Waals surface area contributed by atoms with Crippen molar-refractivity contribution in [2.45, 2.75) is 70.3 Å². The Kier molecular flexibility index (Phi) is 4.33. The van der Waals surface area contributed by atoms with Gasteiger partial charge in [-0.2, -0.15) is 13.2 Å². The van der Waals surface area contributed by atoms with Crippen LogP contribution in [0, 0.1) is 5.92 Å². The molecular formula is C14H23F3N2O. The summed E-state index contributed by atoms with van der Waals surface area (Å²) in [7, 11) is 0. The molecule has 1 saturated heterocycles. The summed E-state index contributed by atoms with van der Waals surface area (Å²) in [6.07, 6.45) is -1.47. The molecule has 2 aliphatic rings. The van der Waals surface area contributed by atoms with E-state index in [0.29, 0.717) is 0 Å². The fraction of sp³-hybridized carbons (Fsp3) is 0.929. The smallest absolute Gasteiger partial charge is 0.325 e. The van der Waals surface area contributed by atoms with Crippen LogP contribution in [0.5, 0.6) is 0 Å². The maximum absolute atomic E-state index is 12.6. The van der Waals surface area contributed by atoms with Crippen LogP contribution in [0.4, 0.5) is 13.2 Å². The maximum atomic E-state index is 12.6. The van der Waals surface area contributed by atoms with E-state index in [0.717, 1.165) is 25.7 Å². The van der Waals surface area contributed by atoms with Crippen LogP contribution in [-0.2, 0) is 4.79 Å². The lowest BCUT2D eigenvalue weighted by Gasteiger charge is -2.27. The number of alkyl halides is 3. The Balaban J connectivity index is 2.02. The van der Waals surface area contributed by atoms with Crippen molar-refractivity contribution in [1.82, 2.24) is 10.2 Å². The zero-order chi connectivity index (χ0) is 15.0. The quantitative estimate of drug-likeness (QED) is 0.863. The van der Waals surface area contributed by atoms with Gasteiger partial charge >= 0.3 is 6.18 Å². The number of carbonyl (C=O) groups is 1. The molecule has 0 aromatic rings. The first kappa shape index (κ1) is 15.6. The number of hydrogen-bond donors (Lipinski definition) is 1. The molecule has 1 heterocycles. The molecule has 1 N–H and O–H groups in total. The molecule has 0 radical (unpaired) electrons. The number of carbonyl (C=O) groups excluding carboxylic acids is 1. The van der Waals surface area contributed by atoms with E-state index in [-0.39, 0.29) is 31.0 Å². The van der Waals surface area contributed by atoms with Crippen LogP contribution in [0.15, 0.2) is 0 Å². The summed E-state index contributed by atoms with van der Waals surface area (Å²) < 4.78 is 36.8. The van der Waals surface area contributed by atoms with Crippen molar-refractivity contribution < 1.29 is 18.0 Å². The van der Waals surface area contributed by atoms with Gasteiger partial charge in [0.1, 0.15) is 0 Å². The topological polar surface area (TPSA) is 32.3 Å². The standard InChI is InChI=1S/C14H23F3N2O/c1-10(2)11-18-13(6-3-4-7-13)12(20)19(11)9-5-8-14(15,16)17/h10-11,18H,3-9H2,1-2H3. The highest BCUT2D eigenvalue weighted by molar-refractivity contribution is 5.89. The predicted octanol–water partition coefficient (Wildman–Crippen LogP) is 3.06. The maximum Gasteiger partial charge on any atom is 0.389 e. The van der Waals surface area contributed by atoms with E-state index >= 15 is 0 Å². The van der Waals surface area contributed by atoms with Gasteiger partial charge in [0.05, 0.1) is 11.7 Å². The number of amides is 1. The van der Waals surface area contributed by atoms with Gasteiger partial charge in [0.25, 0.3) is 0 Å². The number of nitrogens with zero attached hydrogens (tertiary/aromatic N) is 1. The molecule has 6 heteroatoms. The van der Waals surface area contributed by atoms with Crippen molar-refractivity contribution >= 4 is 5.91 Å². The molecule has 2 fully saturated rings. The fourth-order valence-electron chi connectivity index (χ4n) is 3.38. The summed E-state index contributed by atoms with van der Waals surface area (Å²) in [6.45, 7) is 4.18. The Morgan fingerprint density at radius 2 is 1.95 bits per heavy atom. The van der Waals surface area contributed by atoms with E-state index in [4.69, 9.17) is 0 Å². The van der Waals surface area contributed by atoms with Gasteiger partial charge in [-0.1, -0.05) is 26.7 Å². The van der Waals surface area contributed by atoms with Crippen molar-refractivity contribution in [3.63, 3.8) is 0 Å². The molecule has 1 aliphatic carbocycles. The monoisotopic (exact) mass is 292 g/mol. The van der Waals surface area contributed by atoms with Crippen LogP contribution in [0.25, 0.3) is 0 Å². The molecule has 1 atom stereocenters. The second-order valence-corrected chi connectivity index (χ2v) is 6.34. The van der Waals surface area contributed by atoms with Gasteiger partial charge < -0.3 is 4.90 Å². The fourth-order valence-corrected chi connectivity index (χ4v) is 3.38. The minimum absolute atomic E-state index is 0.0101. The van der Waals surface area contributed by atoms with Crippen molar-refractivity contribution in [1.29, 1.82) is 0 Å². The molecule has 1 saturated carbocycles. The van der Waals surface area contributed by atoms with Crippen molar-refractivity contribution in [2.24, 2.45) is 5.92 Å². The summed E-state index contributed by atoms with van der Waals surface area (Å²) in [5, 5.41) is 3.41. The summed E-state index contributed by atoms with van der Waals surface area (Å²) in [5.41, 5.74) is -0.493. The van der Waals surface area contributed by atoms with Gasteiger partial charge in [0.2, 0.25) is 5.91 Å². The summed E-state index contributed by atoms with van der Waals surface area (Å²) in [5.74, 6) is 0.209. The minimum Gasteiger partial charge on any atom is -0.325 e. The summed E-state index contributed by atoms with van der Waals surface area (Å²) >= 11 is 0. The Morgan fingerprint density at radius 3 is 2.45 bits per heavy atom. The Hall–Kier alpha value is -0.780. The summed E-state index contributed by atoms with van der Waals surface area (Å²) in [6, 6.07) is 0. The number of halogens is 3. The lowest BCUT2D eigenvalue weighted by Crippen LogP contribution is -2.45. The molecule has 116 valence electrons. The van der Waals surface area contributed by atoms with Gasteiger partial charge in [0, 0.05) is 13.0 Å². The SMILES string of the molecule is CC(C)C1NC2(CCCC2)C(=O)N1CCCC(F)(F)F. The average molecular weight is 292 g/mol. The minimum atomic E-state index is -4.14. The third-order valence-corrected chi connectivity index (χ3v) is 4.38. The zero-order valence-electron chi connectivity index (χ0n) is 12.1. The molecule has 0 aromatic heterocycles. The first-order chi connectivity index (χ1) is 9.25. The van der Waals surface area contributed by atoms with E-state index in [1.807, 2.05) is 13.8 Å². The van der Waals surface area contributed by atoms with Crippen molar-refractivity contribution in [3.05, 3.63) is 0 Å². The van der Waals surface area contributed by atoms with Crippen LogP contribution < -0.4 is 5.32 Å². The lowest BCUT2D eigenvalue weighted by molar-refractivity contribution is -0.141. The van der Waals surface area contributed by atoms with E-state index in [1.165, 1.54) is 0 Å². The van der Waals surface area contributed by atoms with E-state index in [2.05, 4.69) is 5.32 Å². The summed E-state index contributed by atoms with van der Waals surface area (Å²) in [4.78, 5) is 14.2. The first-order valence-corrected chi connectivity index (χ1v) is 7.41. The normalized spacial score (nSPS) is 26.2. The third kappa shape index (κ3) is 3.10. The molecule has 1 unspecified atom stereocenters. The molecule has 2 rings (SSSR count). The van der Waals surface area contributed by atoms with E-state index < -0.39 is 18.1 Å². The second kappa shape index (κ2) is 5.54. The zero-order valence-corrected chi connectivity index (χ0v) is 12.1. The molecule has 0 bridgehead atoms. The van der Waals surface area contributed by atoms with Gasteiger partial charge in [-0.05, 0) is 25.2 Å². The molecule has 3 nitrogen and oxygen atoms in total. The Labute approximate surface area is 117 Å². The number of rotatable bonds is 4. The number of hydrogen-bond acceptors (Lipinski definition) is 2. The van der Waals surface area contributed by atoms with Crippen LogP contribution in [0.1, 0.15) is 52.4 Å². The van der Waals surface area contributed by atoms with Gasteiger partial charge in [-0.15, -0.1) is 0 Å². The molecule has 0 aromatic carbocycles. The van der Waals surface area contributed by atoms with Crippen LogP contribution in [0.3, 0.4) is 0 Å². The van der Waals surface area contributed by atoms with Gasteiger partial charge in [-0.25, -0.2) is 0 Å². The highest BCUT2D eigenvalue weighted by atomic mass is 19.4. The third-order valence-electron chi connectivity index (χ3n) is 4.38. The number of nitrogens with one attached hydrogen (secondary N) is 1. The van der Waals surface area contributed by atoms with Crippen LogP contribution in [-0.4, -0.2) is 35.2 Å². The molecule has 1 amide bonds. The molecule has 1 aliphatic heterocycles. The van der Waals surface area contributed by atoms with Crippen LogP contribution in [0.2, 0.25) is 0 Å². The van der Waals surface area contributed by atoms with Gasteiger partial charge in [0.15, 0.2) is 0 Å². The molecular weight excluding hydrogens is 269 g/mol. The largest absolute Gasteiger partial charge is 0.389 e. The molecule has 1 spiro atoms. The Bertz CT molecular complexity index is 362. The Morgan fingerprint density at radius 1 is 1.35 bits per heavy atom. The molecule has 20 heavy (non-hydrogen) atoms. The highest BCUT2D eigenvalue weighted by Gasteiger charge is 2.52. The van der Waals surface area contributed by atoms with Gasteiger partial charge in [-0.3, -0.25) is 10.1 Å². The van der Waals surface area contributed by atoms with Crippen molar-refractivity contribution in [2.75, 3.05) is 6.54 Å². The highest BCUT2D eigenvalue weighted by Crippen LogP contribution is 2.38. The predicted molar refractivity (Wildman–Crippen MR) is 70.0 cm³/mol. The lowest BCUT2D eigenvalue weighted by atomic mass is 9.98.